The smallest absolute Gasteiger partial charge is 0.294 e. The number of thioether (sulfide) groups is 1. The Morgan fingerprint density at radius 1 is 1.50 bits per heavy atom. The summed E-state index contributed by atoms with van der Waals surface area (Å²) in [5, 5.41) is 10.1. The van der Waals surface area contributed by atoms with E-state index in [-0.39, 0.29) is 22.2 Å². The molecule has 0 radical (unpaired) electrons. The van der Waals surface area contributed by atoms with Gasteiger partial charge in [-0.3, -0.25) is 14.5 Å². The third kappa shape index (κ3) is 4.12. The van der Waals surface area contributed by atoms with Crippen LogP contribution in [0.25, 0.3) is 6.08 Å². The molecule has 1 fully saturated rings. The van der Waals surface area contributed by atoms with E-state index in [0.717, 1.165) is 16.7 Å². The number of carbonyl (C=O) groups is 3. The summed E-state index contributed by atoms with van der Waals surface area (Å²) in [7, 11) is 0. The molecule has 0 bridgehead atoms. The van der Waals surface area contributed by atoms with Crippen molar-refractivity contribution >= 4 is 62.5 Å². The highest BCUT2D eigenvalue weighted by Gasteiger charge is 2.34. The number of rotatable bonds is 5. The van der Waals surface area contributed by atoms with Crippen LogP contribution in [-0.4, -0.2) is 35.2 Å². The molecule has 24 heavy (non-hydrogen) atoms. The monoisotopic (exact) mass is 428 g/mol. The van der Waals surface area contributed by atoms with Gasteiger partial charge in [-0.05, 0) is 51.5 Å². The lowest BCUT2D eigenvalue weighted by atomic mass is 10.2. The van der Waals surface area contributed by atoms with Gasteiger partial charge in [0, 0.05) is 0 Å². The first kappa shape index (κ1) is 18.4. The molecule has 2 rings (SSSR count). The molecule has 6 nitrogen and oxygen atoms in total. The van der Waals surface area contributed by atoms with Crippen LogP contribution in [0.4, 0.5) is 4.79 Å². The number of halogens is 2. The zero-order chi connectivity index (χ0) is 17.9. The molecule has 2 amide bonds. The maximum atomic E-state index is 12.1. The fourth-order valence-corrected chi connectivity index (χ4v) is 3.64. The highest BCUT2D eigenvalue weighted by atomic mass is 79.9. The van der Waals surface area contributed by atoms with Crippen molar-refractivity contribution in [2.75, 3.05) is 13.2 Å². The molecule has 0 aliphatic carbocycles. The van der Waals surface area contributed by atoms with Crippen LogP contribution in [-0.2, 0) is 9.59 Å². The lowest BCUT2D eigenvalue weighted by Crippen LogP contribution is -2.29. The molecule has 0 saturated carbocycles. The van der Waals surface area contributed by atoms with E-state index in [1.807, 2.05) is 0 Å². The maximum Gasteiger partial charge on any atom is 0.294 e. The van der Waals surface area contributed by atoms with Crippen molar-refractivity contribution < 1.29 is 24.2 Å². The van der Waals surface area contributed by atoms with E-state index in [9.17, 15) is 19.5 Å². The van der Waals surface area contributed by atoms with Gasteiger partial charge in [0.15, 0.2) is 5.75 Å². The van der Waals surface area contributed by atoms with Crippen LogP contribution in [0.5, 0.6) is 5.75 Å². The summed E-state index contributed by atoms with van der Waals surface area (Å²) in [5.74, 6) is 0.523. The zero-order valence-corrected chi connectivity index (χ0v) is 15.0. The number of hydrogen-bond acceptors (Lipinski definition) is 6. The summed E-state index contributed by atoms with van der Waals surface area (Å²) in [4.78, 5) is 35.5. The molecule has 0 spiro atoms. The Morgan fingerprint density at radius 3 is 2.79 bits per heavy atom. The van der Waals surface area contributed by atoms with Crippen molar-refractivity contribution in [3.63, 3.8) is 0 Å². The molecule has 1 aromatic rings. The summed E-state index contributed by atoms with van der Waals surface area (Å²) in [6.45, 7) is -0.745. The largest absolute Gasteiger partial charge is 0.546 e. The van der Waals surface area contributed by atoms with Crippen LogP contribution >= 0.6 is 39.3 Å². The van der Waals surface area contributed by atoms with E-state index in [2.05, 4.69) is 21.9 Å². The van der Waals surface area contributed by atoms with Gasteiger partial charge in [-0.1, -0.05) is 17.5 Å². The summed E-state index contributed by atoms with van der Waals surface area (Å²) in [5.41, 5.74) is 0.527. The number of ether oxygens (including phenoxy) is 1. The topological polar surface area (TPSA) is 86.7 Å². The van der Waals surface area contributed by atoms with E-state index in [4.69, 9.17) is 22.8 Å². The van der Waals surface area contributed by atoms with Crippen molar-refractivity contribution in [2.45, 2.75) is 0 Å². The fourth-order valence-electron chi connectivity index (χ4n) is 1.81. The molecule has 9 heteroatoms. The van der Waals surface area contributed by atoms with Gasteiger partial charge >= 0.3 is 0 Å². The SMILES string of the molecule is C#CCN1C(=O)S/C(=C\c2cc(Cl)c(OCC(=O)[O-])c(Br)c2)C1=O. The number of carboxylic acid groups (broad SMARTS) is 1. The highest BCUT2D eigenvalue weighted by molar-refractivity contribution is 9.10. The molecule has 1 heterocycles. The lowest BCUT2D eigenvalue weighted by Gasteiger charge is -2.11. The van der Waals surface area contributed by atoms with Gasteiger partial charge in [-0.25, -0.2) is 0 Å². The first-order valence-corrected chi connectivity index (χ1v) is 8.32. The molecule has 0 unspecified atom stereocenters. The number of imide groups is 1. The number of aliphatic carboxylic acids is 1. The molecule has 0 atom stereocenters. The summed E-state index contributed by atoms with van der Waals surface area (Å²) in [6, 6.07) is 3.05. The van der Waals surface area contributed by atoms with Gasteiger partial charge < -0.3 is 14.6 Å². The summed E-state index contributed by atoms with van der Waals surface area (Å²) >= 11 is 10.0. The summed E-state index contributed by atoms with van der Waals surface area (Å²) in [6.07, 6.45) is 6.61. The predicted octanol–water partition coefficient (Wildman–Crippen LogP) is 1.90. The second-order valence-corrected chi connectivity index (χ2v) is 6.70. The predicted molar refractivity (Wildman–Crippen MR) is 91.2 cm³/mol. The average Bonchev–Trinajstić information content (AvgIpc) is 2.74. The Labute approximate surface area is 154 Å². The van der Waals surface area contributed by atoms with Gasteiger partial charge in [0.2, 0.25) is 0 Å². The number of benzene rings is 1. The molecule has 0 aromatic heterocycles. The van der Waals surface area contributed by atoms with Crippen LogP contribution < -0.4 is 9.84 Å². The minimum absolute atomic E-state index is 0.0948. The van der Waals surface area contributed by atoms with Crippen LogP contribution in [0.1, 0.15) is 5.56 Å². The molecule has 1 saturated heterocycles. The molecule has 1 aromatic carbocycles. The standard InChI is InChI=1S/C15H9BrClNO5S/c1-2-3-18-14(21)11(24-15(18)22)6-8-4-9(16)13(10(17)5-8)23-7-12(19)20/h1,4-6H,3,7H2,(H,19,20)/p-1/b11-6-. The van der Waals surface area contributed by atoms with E-state index < -0.39 is 23.7 Å². The quantitative estimate of drug-likeness (QED) is 0.525. The highest BCUT2D eigenvalue weighted by Crippen LogP contribution is 2.37. The zero-order valence-electron chi connectivity index (χ0n) is 11.9. The van der Waals surface area contributed by atoms with Gasteiger partial charge in [-0.2, -0.15) is 0 Å². The van der Waals surface area contributed by atoms with Crippen molar-refractivity contribution in [2.24, 2.45) is 0 Å². The Balaban J connectivity index is 2.28. The number of carbonyl (C=O) groups excluding carboxylic acids is 3. The Hall–Kier alpha value is -1.95. The second-order valence-electron chi connectivity index (χ2n) is 4.45. The second kappa shape index (κ2) is 7.75. The van der Waals surface area contributed by atoms with Gasteiger partial charge in [0.25, 0.3) is 11.1 Å². The van der Waals surface area contributed by atoms with Gasteiger partial charge in [0.1, 0.15) is 6.61 Å². The van der Waals surface area contributed by atoms with Gasteiger partial charge in [-0.15, -0.1) is 6.42 Å². The van der Waals surface area contributed by atoms with Crippen LogP contribution in [0, 0.1) is 12.3 Å². The number of terminal acetylenes is 1. The van der Waals surface area contributed by atoms with Crippen LogP contribution in [0.15, 0.2) is 21.5 Å². The average molecular weight is 430 g/mol. The first-order chi connectivity index (χ1) is 11.3. The number of carboxylic acids is 1. The minimum atomic E-state index is -1.38. The Bertz CT molecular complexity index is 779. The van der Waals surface area contributed by atoms with E-state index in [1.165, 1.54) is 12.1 Å². The Morgan fingerprint density at radius 2 is 2.21 bits per heavy atom. The minimum Gasteiger partial charge on any atom is -0.546 e. The van der Waals surface area contributed by atoms with Crippen molar-refractivity contribution in [1.29, 1.82) is 0 Å². The molecule has 1 aliphatic rings. The van der Waals surface area contributed by atoms with Crippen molar-refractivity contribution in [1.82, 2.24) is 4.90 Å². The van der Waals surface area contributed by atoms with Crippen molar-refractivity contribution in [3.05, 3.63) is 32.1 Å². The molecular formula is C15H8BrClNO5S-. The molecule has 0 N–H and O–H groups in total. The number of amides is 2. The third-order valence-electron chi connectivity index (χ3n) is 2.78. The fraction of sp³-hybridized carbons (Fsp3) is 0.133. The van der Waals surface area contributed by atoms with Crippen LogP contribution in [0.3, 0.4) is 0 Å². The first-order valence-electron chi connectivity index (χ1n) is 6.34. The molecular weight excluding hydrogens is 422 g/mol. The Kier molecular flexibility index (Phi) is 5.94. The normalized spacial score (nSPS) is 15.7. The van der Waals surface area contributed by atoms with E-state index >= 15 is 0 Å². The van der Waals surface area contributed by atoms with Crippen molar-refractivity contribution in [3.8, 4) is 18.1 Å². The lowest BCUT2D eigenvalue weighted by molar-refractivity contribution is -0.307. The number of nitrogens with zero attached hydrogens (tertiary/aromatic N) is 1. The molecule has 1 aliphatic heterocycles. The van der Waals surface area contributed by atoms with E-state index in [0.29, 0.717) is 10.0 Å². The van der Waals surface area contributed by atoms with Crippen LogP contribution in [0.2, 0.25) is 5.02 Å². The molecule has 124 valence electrons. The maximum absolute atomic E-state index is 12.1. The number of hydrogen-bond donors (Lipinski definition) is 0. The van der Waals surface area contributed by atoms with Gasteiger partial charge in [0.05, 0.1) is 26.9 Å². The summed E-state index contributed by atoms with van der Waals surface area (Å²) < 4.78 is 5.42. The van der Waals surface area contributed by atoms with E-state index in [1.54, 1.807) is 6.07 Å². The third-order valence-corrected chi connectivity index (χ3v) is 4.55.